The second-order valence-electron chi connectivity index (χ2n) is 6.72. The molecule has 1 heterocycles. The van der Waals surface area contributed by atoms with E-state index >= 15 is 0 Å². The van der Waals surface area contributed by atoms with Gasteiger partial charge in [-0.25, -0.2) is 4.79 Å². The first-order chi connectivity index (χ1) is 13.0. The number of para-hydroxylation sites is 1. The molecule has 2 amide bonds. The molecule has 0 radical (unpaired) electrons. The Morgan fingerprint density at radius 1 is 1.11 bits per heavy atom. The molecule has 28 heavy (non-hydrogen) atoms. The zero-order valence-electron chi connectivity index (χ0n) is 15.9. The summed E-state index contributed by atoms with van der Waals surface area (Å²) in [4.78, 5) is 26.5. The van der Waals surface area contributed by atoms with Crippen LogP contribution in [0.3, 0.4) is 0 Å². The van der Waals surface area contributed by atoms with Gasteiger partial charge in [0.05, 0.1) is 17.5 Å². The molecule has 150 valence electrons. The Hall–Kier alpha value is -2.24. The molecular weight excluding hydrogens is 399 g/mol. The first-order valence-electron chi connectivity index (χ1n) is 9.07. The van der Waals surface area contributed by atoms with Crippen LogP contribution in [0.1, 0.15) is 31.4 Å². The van der Waals surface area contributed by atoms with E-state index in [0.717, 1.165) is 35.3 Å². The predicted octanol–water partition coefficient (Wildman–Crippen LogP) is 5.46. The van der Waals surface area contributed by atoms with Crippen molar-refractivity contribution in [3.05, 3.63) is 53.6 Å². The Kier molecular flexibility index (Phi) is 7.72. The molecule has 1 aliphatic heterocycles. The van der Waals surface area contributed by atoms with E-state index in [1.54, 1.807) is 18.7 Å². The average molecular weight is 423 g/mol. The van der Waals surface area contributed by atoms with Crippen molar-refractivity contribution in [2.45, 2.75) is 39.2 Å². The van der Waals surface area contributed by atoms with Crippen molar-refractivity contribution in [3.63, 3.8) is 0 Å². The third-order valence-electron chi connectivity index (χ3n) is 4.37. The number of hydrogen-bond donors (Lipinski definition) is 1. The number of nitrogens with zero attached hydrogens (tertiary/aromatic N) is 1. The number of nitrogens with one attached hydrogen (secondary N) is 1. The van der Waals surface area contributed by atoms with Gasteiger partial charge >= 0.3 is 6.09 Å². The number of halogens is 2. The number of fused-ring (bicyclic) bond motifs is 2. The lowest BCUT2D eigenvalue weighted by molar-refractivity contribution is -0.117. The zero-order chi connectivity index (χ0) is 19.4. The summed E-state index contributed by atoms with van der Waals surface area (Å²) in [6.45, 7) is 3.58. The molecule has 0 unspecified atom stereocenters. The van der Waals surface area contributed by atoms with Crippen molar-refractivity contribution >= 4 is 53.1 Å². The van der Waals surface area contributed by atoms with Crippen LogP contribution < -0.4 is 10.2 Å². The number of aryl methyl sites for hydroxylation is 2. The zero-order valence-corrected chi connectivity index (χ0v) is 17.5. The minimum absolute atomic E-state index is 0. The topological polar surface area (TPSA) is 58.6 Å². The summed E-state index contributed by atoms with van der Waals surface area (Å²) in [7, 11) is 0. The lowest BCUT2D eigenvalue weighted by atomic mass is 10.0. The fraction of sp³-hybridized carbons (Fsp3) is 0.333. The van der Waals surface area contributed by atoms with Crippen LogP contribution in [-0.2, 0) is 22.4 Å². The van der Waals surface area contributed by atoms with E-state index in [2.05, 4.69) is 5.32 Å². The van der Waals surface area contributed by atoms with Crippen LogP contribution in [0.2, 0.25) is 0 Å². The molecule has 0 atom stereocenters. The number of benzene rings is 2. The summed E-state index contributed by atoms with van der Waals surface area (Å²) in [5.74, 6) is 0.188. The standard InChI is InChI=1S/C21H23ClN2O3.ClH/c1-14(2)27-21(26)23-17-10-9-16-8-7-15-5-3-4-6-18(15)24(19(16)13-17)20(25)11-12-22;/h3-6,9-10,13-14H,7-8,11-12H2,1-2H3,(H,23,26);1H. The SMILES string of the molecule is CC(C)OC(=O)Nc1ccc2c(c1)N(C(=O)CCCl)c1ccccc1CC2.Cl. The van der Waals surface area contributed by atoms with E-state index in [-0.39, 0.29) is 36.7 Å². The fourth-order valence-corrected chi connectivity index (χ4v) is 3.39. The summed E-state index contributed by atoms with van der Waals surface area (Å²) >= 11 is 5.84. The lowest BCUT2D eigenvalue weighted by Gasteiger charge is -2.25. The molecule has 2 aromatic rings. The molecule has 0 saturated carbocycles. The Morgan fingerprint density at radius 3 is 2.46 bits per heavy atom. The number of rotatable bonds is 4. The Balaban J connectivity index is 0.00000280. The molecule has 0 fully saturated rings. The molecule has 3 rings (SSSR count). The van der Waals surface area contributed by atoms with Crippen molar-refractivity contribution < 1.29 is 14.3 Å². The number of hydrogen-bond acceptors (Lipinski definition) is 3. The van der Waals surface area contributed by atoms with Crippen molar-refractivity contribution in [1.29, 1.82) is 0 Å². The van der Waals surface area contributed by atoms with Gasteiger partial charge in [-0.3, -0.25) is 15.0 Å². The van der Waals surface area contributed by atoms with Gasteiger partial charge in [0.15, 0.2) is 0 Å². The summed E-state index contributed by atoms with van der Waals surface area (Å²) in [6, 6.07) is 13.5. The van der Waals surface area contributed by atoms with Crippen molar-refractivity contribution in [2.75, 3.05) is 16.1 Å². The summed E-state index contributed by atoms with van der Waals surface area (Å²) in [6.07, 6.45) is 1.17. The highest BCUT2D eigenvalue weighted by molar-refractivity contribution is 6.19. The second-order valence-corrected chi connectivity index (χ2v) is 7.10. The number of carbonyl (C=O) groups excluding carboxylic acids is 2. The number of anilines is 3. The van der Waals surface area contributed by atoms with Crippen LogP contribution in [0, 0.1) is 0 Å². The third kappa shape index (κ3) is 4.97. The highest BCUT2D eigenvalue weighted by Gasteiger charge is 2.25. The lowest BCUT2D eigenvalue weighted by Crippen LogP contribution is -2.27. The molecule has 2 aromatic carbocycles. The summed E-state index contributed by atoms with van der Waals surface area (Å²) < 4.78 is 5.14. The van der Waals surface area contributed by atoms with E-state index in [1.165, 1.54) is 0 Å². The van der Waals surface area contributed by atoms with Crippen molar-refractivity contribution in [1.82, 2.24) is 0 Å². The second kappa shape index (κ2) is 9.80. The molecule has 0 aliphatic carbocycles. The maximum atomic E-state index is 12.9. The first kappa shape index (κ1) is 22.1. The quantitative estimate of drug-likeness (QED) is 0.665. The number of amides is 2. The molecule has 0 aromatic heterocycles. The maximum absolute atomic E-state index is 12.9. The Labute approximate surface area is 176 Å². The van der Waals surface area contributed by atoms with E-state index in [1.807, 2.05) is 42.5 Å². The van der Waals surface area contributed by atoms with E-state index in [9.17, 15) is 9.59 Å². The van der Waals surface area contributed by atoms with E-state index in [0.29, 0.717) is 5.69 Å². The summed E-state index contributed by atoms with van der Waals surface area (Å²) in [5, 5.41) is 2.73. The number of ether oxygens (including phenoxy) is 1. The van der Waals surface area contributed by atoms with Gasteiger partial charge in [-0.15, -0.1) is 24.0 Å². The highest BCUT2D eigenvalue weighted by atomic mass is 35.5. The van der Waals surface area contributed by atoms with E-state index in [4.69, 9.17) is 16.3 Å². The van der Waals surface area contributed by atoms with Gasteiger partial charge in [-0.2, -0.15) is 0 Å². The molecule has 7 heteroatoms. The van der Waals surface area contributed by atoms with Crippen LogP contribution >= 0.6 is 24.0 Å². The molecule has 1 N–H and O–H groups in total. The smallest absolute Gasteiger partial charge is 0.411 e. The largest absolute Gasteiger partial charge is 0.447 e. The van der Waals surface area contributed by atoms with Crippen LogP contribution in [0.25, 0.3) is 0 Å². The third-order valence-corrected chi connectivity index (χ3v) is 4.56. The summed E-state index contributed by atoms with van der Waals surface area (Å²) in [5.41, 5.74) is 4.40. The van der Waals surface area contributed by atoms with Gasteiger partial charge in [0.1, 0.15) is 0 Å². The molecular formula is C21H24Cl2N2O3. The van der Waals surface area contributed by atoms with Gasteiger partial charge in [0.2, 0.25) is 5.91 Å². The maximum Gasteiger partial charge on any atom is 0.411 e. The number of carbonyl (C=O) groups is 2. The molecule has 0 saturated heterocycles. The first-order valence-corrected chi connectivity index (χ1v) is 9.60. The Bertz CT molecular complexity index is 855. The minimum Gasteiger partial charge on any atom is -0.447 e. The monoisotopic (exact) mass is 422 g/mol. The number of alkyl halides is 1. The van der Waals surface area contributed by atoms with Crippen LogP contribution in [0.4, 0.5) is 21.9 Å². The van der Waals surface area contributed by atoms with Crippen LogP contribution in [0.5, 0.6) is 0 Å². The fourth-order valence-electron chi connectivity index (χ4n) is 3.22. The van der Waals surface area contributed by atoms with Gasteiger partial charge in [-0.05, 0) is 56.0 Å². The van der Waals surface area contributed by atoms with E-state index < -0.39 is 6.09 Å². The van der Waals surface area contributed by atoms with Gasteiger partial charge in [0, 0.05) is 18.0 Å². The van der Waals surface area contributed by atoms with Crippen molar-refractivity contribution in [3.8, 4) is 0 Å². The molecule has 0 spiro atoms. The molecule has 0 bridgehead atoms. The average Bonchev–Trinajstić information content (AvgIpc) is 2.77. The molecule has 1 aliphatic rings. The van der Waals surface area contributed by atoms with Gasteiger partial charge in [-0.1, -0.05) is 24.3 Å². The van der Waals surface area contributed by atoms with Crippen LogP contribution in [-0.4, -0.2) is 24.0 Å². The highest BCUT2D eigenvalue weighted by Crippen LogP contribution is 2.38. The van der Waals surface area contributed by atoms with Crippen LogP contribution in [0.15, 0.2) is 42.5 Å². The normalized spacial score (nSPS) is 12.4. The predicted molar refractivity (Wildman–Crippen MR) is 115 cm³/mol. The van der Waals surface area contributed by atoms with Crippen molar-refractivity contribution in [2.24, 2.45) is 0 Å². The molecule has 5 nitrogen and oxygen atoms in total. The Morgan fingerprint density at radius 2 is 1.79 bits per heavy atom. The minimum atomic E-state index is -0.516. The van der Waals surface area contributed by atoms with Gasteiger partial charge in [0.25, 0.3) is 0 Å². The van der Waals surface area contributed by atoms with Gasteiger partial charge < -0.3 is 4.74 Å².